The summed E-state index contributed by atoms with van der Waals surface area (Å²) < 4.78 is 25.3. The molecule has 0 bridgehead atoms. The number of hydrogen-bond donors (Lipinski definition) is 2. The number of aliphatic hydroxyl groups excluding tert-OH is 1. The Balaban J connectivity index is 1.47. The second-order valence-corrected chi connectivity index (χ2v) is 8.58. The first-order valence-electron chi connectivity index (χ1n) is 10.6. The van der Waals surface area contributed by atoms with E-state index in [2.05, 4.69) is 15.2 Å². The van der Waals surface area contributed by atoms with E-state index in [1.165, 1.54) is 12.1 Å². The molecule has 0 spiro atoms. The summed E-state index contributed by atoms with van der Waals surface area (Å²) in [4.78, 5) is 19.3. The molecule has 1 saturated heterocycles. The van der Waals surface area contributed by atoms with Crippen molar-refractivity contribution in [3.8, 4) is 0 Å². The number of morpholine rings is 1. The predicted octanol–water partition coefficient (Wildman–Crippen LogP) is 2.97. The number of hydrogen-bond acceptors (Lipinski definition) is 6. The standard InChI is InChI=1S/C24H24FN3O4/c1-24(2)18(14-3-6-21(26-11-14)28-7-8-31-16(12-28)13-29)10-20(32-24)22-17-5-4-15(25)9-19(17)27-23(22)30/h3-6,9-11,16,29H,7-8,12-13H2,1-2H3,(H,27,30). The molecule has 0 saturated carbocycles. The number of pyridine rings is 1. The Hall–Kier alpha value is -3.23. The maximum atomic E-state index is 13.6. The number of amides is 1. The Kier molecular flexibility index (Phi) is 4.98. The molecule has 3 aliphatic rings. The molecule has 1 aromatic heterocycles. The Labute approximate surface area is 185 Å². The van der Waals surface area contributed by atoms with Gasteiger partial charge in [-0.1, -0.05) is 0 Å². The third-order valence-corrected chi connectivity index (χ3v) is 5.99. The maximum absolute atomic E-state index is 13.6. The van der Waals surface area contributed by atoms with Gasteiger partial charge in [0.2, 0.25) is 0 Å². The molecule has 1 aromatic carbocycles. The first-order chi connectivity index (χ1) is 15.4. The van der Waals surface area contributed by atoms with Crippen LogP contribution in [0.15, 0.2) is 48.4 Å². The highest BCUT2D eigenvalue weighted by molar-refractivity contribution is 6.32. The van der Waals surface area contributed by atoms with E-state index in [0.717, 1.165) is 17.0 Å². The van der Waals surface area contributed by atoms with E-state index in [0.29, 0.717) is 42.3 Å². The van der Waals surface area contributed by atoms with Crippen LogP contribution in [0.2, 0.25) is 0 Å². The number of nitrogens with zero attached hydrogens (tertiary/aromatic N) is 2. The van der Waals surface area contributed by atoms with Gasteiger partial charge in [0.1, 0.15) is 23.0 Å². The lowest BCUT2D eigenvalue weighted by molar-refractivity contribution is -0.111. The lowest BCUT2D eigenvalue weighted by Gasteiger charge is -2.33. The molecule has 5 rings (SSSR count). The summed E-state index contributed by atoms with van der Waals surface area (Å²) in [5.41, 5.74) is 2.58. The van der Waals surface area contributed by atoms with Gasteiger partial charge in [0.15, 0.2) is 0 Å². The van der Waals surface area contributed by atoms with Crippen molar-refractivity contribution < 1.29 is 23.8 Å². The zero-order valence-electron chi connectivity index (χ0n) is 17.9. The molecule has 3 aliphatic heterocycles. The third kappa shape index (κ3) is 3.55. The van der Waals surface area contributed by atoms with Crippen molar-refractivity contribution >= 4 is 28.6 Å². The Bertz CT molecular complexity index is 1140. The van der Waals surface area contributed by atoms with E-state index in [-0.39, 0.29) is 18.6 Å². The van der Waals surface area contributed by atoms with E-state index in [4.69, 9.17) is 9.47 Å². The number of nitrogens with one attached hydrogen (secondary N) is 1. The lowest BCUT2D eigenvalue weighted by Crippen LogP contribution is -2.44. The van der Waals surface area contributed by atoms with Gasteiger partial charge in [-0.05, 0) is 50.3 Å². The Morgan fingerprint density at radius 2 is 2.16 bits per heavy atom. The molecule has 8 heteroatoms. The van der Waals surface area contributed by atoms with E-state index >= 15 is 0 Å². The highest BCUT2D eigenvalue weighted by atomic mass is 19.1. The molecule has 1 fully saturated rings. The van der Waals surface area contributed by atoms with E-state index < -0.39 is 11.4 Å². The first-order valence-corrected chi connectivity index (χ1v) is 10.6. The number of rotatable bonds is 3. The number of fused-ring (bicyclic) bond motifs is 1. The van der Waals surface area contributed by atoms with Gasteiger partial charge in [-0.2, -0.15) is 0 Å². The minimum Gasteiger partial charge on any atom is -0.482 e. The van der Waals surface area contributed by atoms with Crippen LogP contribution in [0.5, 0.6) is 0 Å². The average Bonchev–Trinajstić information content (AvgIpc) is 3.27. The second kappa shape index (κ2) is 7.72. The number of carbonyl (C=O) groups is 1. The van der Waals surface area contributed by atoms with Crippen molar-refractivity contribution in [3.05, 3.63) is 65.3 Å². The van der Waals surface area contributed by atoms with Crippen LogP contribution in [-0.4, -0.2) is 54.0 Å². The molecule has 32 heavy (non-hydrogen) atoms. The topological polar surface area (TPSA) is 83.9 Å². The third-order valence-electron chi connectivity index (χ3n) is 5.99. The van der Waals surface area contributed by atoms with Crippen molar-refractivity contribution in [1.29, 1.82) is 0 Å². The number of aliphatic hydroxyl groups is 1. The fourth-order valence-electron chi connectivity index (χ4n) is 4.38. The fourth-order valence-corrected chi connectivity index (χ4v) is 4.38. The van der Waals surface area contributed by atoms with Gasteiger partial charge < -0.3 is 24.8 Å². The molecule has 7 nitrogen and oxygen atoms in total. The summed E-state index contributed by atoms with van der Waals surface area (Å²) in [5.74, 6) is 0.553. The predicted molar refractivity (Wildman–Crippen MR) is 118 cm³/mol. The Morgan fingerprint density at radius 1 is 1.31 bits per heavy atom. The molecule has 1 amide bonds. The molecule has 1 unspecified atom stereocenters. The van der Waals surface area contributed by atoms with Crippen LogP contribution >= 0.6 is 0 Å². The van der Waals surface area contributed by atoms with Crippen molar-refractivity contribution in [3.63, 3.8) is 0 Å². The van der Waals surface area contributed by atoms with Gasteiger partial charge in [0.05, 0.1) is 30.6 Å². The largest absolute Gasteiger partial charge is 0.482 e. The van der Waals surface area contributed by atoms with Crippen molar-refractivity contribution in [2.45, 2.75) is 25.6 Å². The zero-order valence-corrected chi connectivity index (χ0v) is 17.9. The molecule has 0 radical (unpaired) electrons. The van der Waals surface area contributed by atoms with Gasteiger partial charge in [-0.3, -0.25) is 4.79 Å². The summed E-state index contributed by atoms with van der Waals surface area (Å²) in [6, 6.07) is 8.15. The average molecular weight is 437 g/mol. The monoisotopic (exact) mass is 437 g/mol. The molecule has 166 valence electrons. The molecular formula is C24H24FN3O4. The highest BCUT2D eigenvalue weighted by Gasteiger charge is 2.38. The molecular weight excluding hydrogens is 413 g/mol. The number of allylic oxidation sites excluding steroid dienone is 1. The number of halogens is 1. The van der Waals surface area contributed by atoms with Gasteiger partial charge in [0, 0.05) is 36.0 Å². The molecule has 0 aliphatic carbocycles. The van der Waals surface area contributed by atoms with Gasteiger partial charge in [-0.15, -0.1) is 0 Å². The lowest BCUT2D eigenvalue weighted by atomic mass is 9.93. The molecule has 4 heterocycles. The van der Waals surface area contributed by atoms with E-state index in [9.17, 15) is 14.3 Å². The van der Waals surface area contributed by atoms with Crippen LogP contribution in [0.4, 0.5) is 15.9 Å². The van der Waals surface area contributed by atoms with Crippen LogP contribution in [0.3, 0.4) is 0 Å². The summed E-state index contributed by atoms with van der Waals surface area (Å²) in [6.45, 7) is 5.70. The fraction of sp³-hybridized carbons (Fsp3) is 0.333. The van der Waals surface area contributed by atoms with Gasteiger partial charge >= 0.3 is 0 Å². The van der Waals surface area contributed by atoms with Crippen molar-refractivity contribution in [1.82, 2.24) is 4.98 Å². The minimum atomic E-state index is -0.671. The summed E-state index contributed by atoms with van der Waals surface area (Å²) >= 11 is 0. The van der Waals surface area contributed by atoms with Gasteiger partial charge in [-0.25, -0.2) is 9.37 Å². The van der Waals surface area contributed by atoms with Crippen LogP contribution in [0.25, 0.3) is 11.1 Å². The molecule has 2 aromatic rings. The summed E-state index contributed by atoms with van der Waals surface area (Å²) in [6.07, 6.45) is 3.44. The highest BCUT2D eigenvalue weighted by Crippen LogP contribution is 2.44. The number of carbonyl (C=O) groups excluding carboxylic acids is 1. The van der Waals surface area contributed by atoms with Crippen LogP contribution < -0.4 is 10.2 Å². The van der Waals surface area contributed by atoms with E-state index in [1.807, 2.05) is 32.1 Å². The normalized spacial score (nSPS) is 24.1. The number of anilines is 2. The minimum absolute atomic E-state index is 0.0200. The van der Waals surface area contributed by atoms with Gasteiger partial charge in [0.25, 0.3) is 5.91 Å². The number of benzene rings is 1. The number of aromatic nitrogens is 1. The molecule has 1 atom stereocenters. The smallest absolute Gasteiger partial charge is 0.260 e. The van der Waals surface area contributed by atoms with Crippen molar-refractivity contribution in [2.75, 3.05) is 36.5 Å². The molecule has 2 N–H and O–H groups in total. The van der Waals surface area contributed by atoms with Crippen LogP contribution in [0, 0.1) is 5.82 Å². The van der Waals surface area contributed by atoms with Crippen molar-refractivity contribution in [2.24, 2.45) is 0 Å². The summed E-state index contributed by atoms with van der Waals surface area (Å²) in [5, 5.41) is 12.1. The summed E-state index contributed by atoms with van der Waals surface area (Å²) in [7, 11) is 0. The SMILES string of the molecule is CC1(C)OC(=C2C(=O)Nc3cc(F)ccc32)C=C1c1ccc(N2CCOC(CO)C2)nc1. The quantitative estimate of drug-likeness (QED) is 0.719. The first kappa shape index (κ1) is 20.7. The van der Waals surface area contributed by atoms with E-state index in [1.54, 1.807) is 12.3 Å². The number of ether oxygens (including phenoxy) is 2. The van der Waals surface area contributed by atoms with Crippen LogP contribution in [-0.2, 0) is 14.3 Å². The second-order valence-electron chi connectivity index (χ2n) is 8.58. The Morgan fingerprint density at radius 3 is 2.91 bits per heavy atom. The zero-order chi connectivity index (χ0) is 22.5. The maximum Gasteiger partial charge on any atom is 0.260 e. The van der Waals surface area contributed by atoms with Crippen LogP contribution in [0.1, 0.15) is 25.0 Å².